The lowest BCUT2D eigenvalue weighted by molar-refractivity contribution is 0.660. The maximum Gasteiger partial charge on any atom is 0.154 e. The summed E-state index contributed by atoms with van der Waals surface area (Å²) in [5.41, 5.74) is 1.78. The van der Waals surface area contributed by atoms with E-state index in [9.17, 15) is 0 Å². The highest BCUT2D eigenvalue weighted by Crippen LogP contribution is 2.52. The predicted molar refractivity (Wildman–Crippen MR) is 99.9 cm³/mol. The van der Waals surface area contributed by atoms with Crippen LogP contribution in [-0.4, -0.2) is 18.8 Å². The van der Waals surface area contributed by atoms with Crippen molar-refractivity contribution >= 4 is 54.3 Å². The van der Waals surface area contributed by atoms with Crippen LogP contribution in [0.25, 0.3) is 32.7 Å². The molecule has 0 amide bonds. The molecule has 3 aromatic carbocycles. The van der Waals surface area contributed by atoms with Gasteiger partial charge in [0.1, 0.15) is 5.58 Å². The molecule has 0 saturated heterocycles. The Morgan fingerprint density at radius 3 is 2.36 bits per heavy atom. The molecule has 0 unspecified atom stereocenters. The van der Waals surface area contributed by atoms with Crippen molar-refractivity contribution in [2.24, 2.45) is 0 Å². The number of fused-ring (bicyclic) bond motifs is 5. The molecule has 0 saturated carbocycles. The Bertz CT molecular complexity index is 1020. The summed E-state index contributed by atoms with van der Waals surface area (Å²) in [7, 11) is -0.918. The maximum atomic E-state index is 6.36. The SMILES string of the molecule is CS(C)(C)c1cc2ccccc2c2c1oc1c(Cl)cccc12. The molecule has 0 fully saturated rings. The van der Waals surface area contributed by atoms with E-state index in [-0.39, 0.29) is 0 Å². The number of para-hydroxylation sites is 1. The summed E-state index contributed by atoms with van der Waals surface area (Å²) in [5, 5.41) is 5.45. The fourth-order valence-corrected chi connectivity index (χ4v) is 4.43. The molecular weight excluding hydrogens is 312 g/mol. The van der Waals surface area contributed by atoms with Crippen molar-refractivity contribution in [3.05, 3.63) is 53.6 Å². The third-order valence-electron chi connectivity index (χ3n) is 4.07. The molecule has 0 aliphatic heterocycles. The molecule has 1 nitrogen and oxygen atoms in total. The summed E-state index contributed by atoms with van der Waals surface area (Å²) in [6.07, 6.45) is 6.89. The number of benzene rings is 3. The quantitative estimate of drug-likeness (QED) is 0.391. The van der Waals surface area contributed by atoms with Gasteiger partial charge in [-0.2, -0.15) is 0 Å². The van der Waals surface area contributed by atoms with Gasteiger partial charge in [0.25, 0.3) is 0 Å². The maximum absolute atomic E-state index is 6.36. The average molecular weight is 329 g/mol. The number of furan rings is 1. The monoisotopic (exact) mass is 328 g/mol. The highest BCUT2D eigenvalue weighted by atomic mass is 35.5. The molecule has 0 bridgehead atoms. The van der Waals surface area contributed by atoms with Gasteiger partial charge in [0.15, 0.2) is 5.58 Å². The van der Waals surface area contributed by atoms with Crippen molar-refractivity contribution in [1.82, 2.24) is 0 Å². The zero-order chi connectivity index (χ0) is 15.5. The summed E-state index contributed by atoms with van der Waals surface area (Å²) in [6, 6.07) is 16.8. The van der Waals surface area contributed by atoms with Gasteiger partial charge in [-0.1, -0.05) is 48.0 Å². The normalized spacial score (nSPS) is 13.3. The van der Waals surface area contributed by atoms with E-state index in [0.717, 1.165) is 16.6 Å². The molecular formula is C19H17ClOS. The Hall–Kier alpha value is -1.64. The summed E-state index contributed by atoms with van der Waals surface area (Å²) in [4.78, 5) is 1.30. The zero-order valence-electron chi connectivity index (χ0n) is 12.8. The van der Waals surface area contributed by atoms with Crippen LogP contribution >= 0.6 is 21.6 Å². The van der Waals surface area contributed by atoms with Crippen LogP contribution in [0.2, 0.25) is 5.02 Å². The predicted octanol–water partition coefficient (Wildman–Crippen LogP) is 6.45. The van der Waals surface area contributed by atoms with Gasteiger partial charge in [-0.25, -0.2) is 10.0 Å². The van der Waals surface area contributed by atoms with Crippen molar-refractivity contribution in [2.75, 3.05) is 18.8 Å². The van der Waals surface area contributed by atoms with Crippen LogP contribution < -0.4 is 0 Å². The highest BCUT2D eigenvalue weighted by molar-refractivity contribution is 8.32. The van der Waals surface area contributed by atoms with E-state index >= 15 is 0 Å². The van der Waals surface area contributed by atoms with E-state index in [4.69, 9.17) is 16.0 Å². The largest absolute Gasteiger partial charge is 0.453 e. The average Bonchev–Trinajstić information content (AvgIpc) is 2.86. The molecule has 112 valence electrons. The number of hydrogen-bond acceptors (Lipinski definition) is 1. The van der Waals surface area contributed by atoms with Crippen molar-refractivity contribution in [2.45, 2.75) is 4.90 Å². The summed E-state index contributed by atoms with van der Waals surface area (Å²) >= 11 is 6.36. The van der Waals surface area contributed by atoms with E-state index < -0.39 is 10.0 Å². The fraction of sp³-hybridized carbons (Fsp3) is 0.158. The minimum atomic E-state index is -0.918. The van der Waals surface area contributed by atoms with Crippen molar-refractivity contribution in [1.29, 1.82) is 0 Å². The van der Waals surface area contributed by atoms with Crippen LogP contribution in [0.1, 0.15) is 0 Å². The highest BCUT2D eigenvalue weighted by Gasteiger charge is 2.20. The Kier molecular flexibility index (Phi) is 2.97. The molecule has 3 heteroatoms. The van der Waals surface area contributed by atoms with Gasteiger partial charge in [-0.05, 0) is 41.7 Å². The Labute approximate surface area is 136 Å². The fourth-order valence-electron chi connectivity index (χ4n) is 3.04. The minimum absolute atomic E-state index is 0.674. The minimum Gasteiger partial charge on any atom is -0.453 e. The third kappa shape index (κ3) is 1.94. The molecule has 22 heavy (non-hydrogen) atoms. The Balaban J connectivity index is 2.35. The Morgan fingerprint density at radius 2 is 1.59 bits per heavy atom. The van der Waals surface area contributed by atoms with Crippen LogP contribution in [0, 0.1) is 0 Å². The van der Waals surface area contributed by atoms with Crippen molar-refractivity contribution in [3.63, 3.8) is 0 Å². The van der Waals surface area contributed by atoms with Crippen LogP contribution in [0.5, 0.6) is 0 Å². The van der Waals surface area contributed by atoms with Gasteiger partial charge in [-0.15, -0.1) is 0 Å². The molecule has 1 heterocycles. The van der Waals surface area contributed by atoms with Crippen molar-refractivity contribution in [3.8, 4) is 0 Å². The van der Waals surface area contributed by atoms with E-state index in [1.807, 2.05) is 12.1 Å². The number of halogens is 1. The molecule has 0 aliphatic rings. The molecule has 0 radical (unpaired) electrons. The Morgan fingerprint density at radius 1 is 0.864 bits per heavy atom. The van der Waals surface area contributed by atoms with Gasteiger partial charge >= 0.3 is 0 Å². The van der Waals surface area contributed by atoms with Gasteiger partial charge in [-0.3, -0.25) is 0 Å². The molecule has 1 aromatic heterocycles. The first-order valence-corrected chi connectivity index (χ1v) is 10.4. The number of rotatable bonds is 1. The van der Waals surface area contributed by atoms with E-state index in [1.165, 1.54) is 21.1 Å². The zero-order valence-corrected chi connectivity index (χ0v) is 14.4. The first-order valence-electron chi connectivity index (χ1n) is 7.17. The van der Waals surface area contributed by atoms with E-state index in [1.54, 1.807) is 0 Å². The lowest BCUT2D eigenvalue weighted by Gasteiger charge is -2.26. The van der Waals surface area contributed by atoms with E-state index in [0.29, 0.717) is 5.02 Å². The van der Waals surface area contributed by atoms with Gasteiger partial charge in [0.05, 0.1) is 5.02 Å². The molecule has 4 aromatic rings. The molecule has 0 aliphatic carbocycles. The molecule has 0 spiro atoms. The van der Waals surface area contributed by atoms with Gasteiger partial charge < -0.3 is 4.42 Å². The van der Waals surface area contributed by atoms with Crippen LogP contribution in [-0.2, 0) is 0 Å². The van der Waals surface area contributed by atoms with Crippen LogP contribution in [0.15, 0.2) is 57.8 Å². The molecule has 0 atom stereocenters. The van der Waals surface area contributed by atoms with Gasteiger partial charge in [0.2, 0.25) is 0 Å². The molecule has 0 N–H and O–H groups in total. The summed E-state index contributed by atoms with van der Waals surface area (Å²) in [5.74, 6) is 0. The topological polar surface area (TPSA) is 13.1 Å². The second kappa shape index (κ2) is 4.68. The second-order valence-electron chi connectivity index (χ2n) is 6.36. The van der Waals surface area contributed by atoms with E-state index in [2.05, 4.69) is 55.2 Å². The lowest BCUT2D eigenvalue weighted by atomic mass is 10.0. The lowest BCUT2D eigenvalue weighted by Crippen LogP contribution is -1.94. The second-order valence-corrected chi connectivity index (χ2v) is 10.9. The smallest absolute Gasteiger partial charge is 0.154 e. The molecule has 4 rings (SSSR count). The van der Waals surface area contributed by atoms with Crippen LogP contribution in [0.3, 0.4) is 0 Å². The van der Waals surface area contributed by atoms with Crippen molar-refractivity contribution < 1.29 is 4.42 Å². The first-order chi connectivity index (χ1) is 10.5. The standard InChI is InChI=1S/C19H17ClOS/c1-22(2,3)16-11-12-7-4-5-8-13(12)17-14-9-6-10-15(20)18(14)21-19(16)17/h4-11H,1-3H3. The van der Waals surface area contributed by atoms with Gasteiger partial charge in [0, 0.05) is 15.7 Å². The first kappa shape index (κ1) is 14.0. The third-order valence-corrected chi connectivity index (χ3v) is 5.99. The summed E-state index contributed by atoms with van der Waals surface area (Å²) < 4.78 is 6.24. The number of hydrogen-bond donors (Lipinski definition) is 0. The van der Waals surface area contributed by atoms with Crippen LogP contribution in [0.4, 0.5) is 0 Å². The summed E-state index contributed by atoms with van der Waals surface area (Å²) in [6.45, 7) is 0.